The number of nitrogens with zero attached hydrogens (tertiary/aromatic N) is 2. The van der Waals surface area contributed by atoms with Crippen molar-refractivity contribution in [3.05, 3.63) is 29.8 Å². The third kappa shape index (κ3) is 2.11. The zero-order chi connectivity index (χ0) is 11.3. The molecule has 15 heavy (non-hydrogen) atoms. The van der Waals surface area contributed by atoms with Gasteiger partial charge in [0, 0.05) is 0 Å². The van der Waals surface area contributed by atoms with Crippen LogP contribution in [0.4, 0.5) is 0 Å². The molecule has 0 saturated heterocycles. The number of oxime groups is 1. The Morgan fingerprint density at radius 2 is 2.20 bits per heavy atom. The molecule has 0 saturated carbocycles. The summed E-state index contributed by atoms with van der Waals surface area (Å²) in [5.74, 6) is -0.337. The summed E-state index contributed by atoms with van der Waals surface area (Å²) in [5, 5.41) is 19.6. The summed E-state index contributed by atoms with van der Waals surface area (Å²) in [7, 11) is 1.41. The first-order valence-corrected chi connectivity index (χ1v) is 4.04. The van der Waals surface area contributed by atoms with E-state index >= 15 is 0 Å². The average Bonchev–Trinajstić information content (AvgIpc) is 2.30. The lowest BCUT2D eigenvalue weighted by atomic mass is 10.1. The molecule has 76 valence electrons. The number of methoxy groups -OCH3 is 1. The molecule has 1 aromatic carbocycles. The molecular weight excluding hydrogens is 196 g/mol. The van der Waals surface area contributed by atoms with Crippen molar-refractivity contribution in [2.75, 3.05) is 7.11 Å². The molecule has 0 amide bonds. The molecule has 0 fully saturated rings. The van der Waals surface area contributed by atoms with Crippen LogP contribution in [0.1, 0.15) is 10.4 Å². The summed E-state index contributed by atoms with van der Waals surface area (Å²) in [6.45, 7) is 0. The number of rotatable bonds is 3. The molecule has 0 atom stereocenters. The van der Waals surface area contributed by atoms with Crippen LogP contribution in [0.5, 0.6) is 5.75 Å². The predicted molar refractivity (Wildman–Crippen MR) is 52.2 cm³/mol. The number of hydrogen-bond acceptors (Lipinski definition) is 5. The second kappa shape index (κ2) is 4.77. The van der Waals surface area contributed by atoms with Gasteiger partial charge >= 0.3 is 0 Å². The number of Topliss-reactive ketones (excluding diaryl/α,β-unsaturated/α-hetero) is 1. The lowest BCUT2D eigenvalue weighted by Gasteiger charge is -2.04. The molecule has 0 aromatic heterocycles. The van der Waals surface area contributed by atoms with Crippen molar-refractivity contribution in [1.82, 2.24) is 0 Å². The number of hydrogen-bond donors (Lipinski definition) is 1. The zero-order valence-corrected chi connectivity index (χ0v) is 7.97. The van der Waals surface area contributed by atoms with Gasteiger partial charge in [-0.05, 0) is 12.1 Å². The molecule has 0 bridgehead atoms. The van der Waals surface area contributed by atoms with Crippen molar-refractivity contribution in [3.8, 4) is 11.8 Å². The molecule has 0 heterocycles. The van der Waals surface area contributed by atoms with Gasteiger partial charge in [0.15, 0.2) is 0 Å². The van der Waals surface area contributed by atoms with Gasteiger partial charge in [-0.15, -0.1) is 0 Å². The minimum Gasteiger partial charge on any atom is -0.496 e. The highest BCUT2D eigenvalue weighted by atomic mass is 16.5. The van der Waals surface area contributed by atoms with E-state index in [9.17, 15) is 4.79 Å². The van der Waals surface area contributed by atoms with E-state index in [-0.39, 0.29) is 5.56 Å². The molecule has 1 rings (SSSR count). The number of ketones is 1. The van der Waals surface area contributed by atoms with Gasteiger partial charge in [0.1, 0.15) is 11.8 Å². The van der Waals surface area contributed by atoms with Gasteiger partial charge in [0.25, 0.3) is 0 Å². The maximum atomic E-state index is 11.6. The van der Waals surface area contributed by atoms with Crippen LogP contribution in [0, 0.1) is 11.3 Å². The number of ether oxygens (including phenoxy) is 1. The average molecular weight is 204 g/mol. The quantitative estimate of drug-likeness (QED) is 0.347. The first kappa shape index (κ1) is 10.7. The summed E-state index contributed by atoms with van der Waals surface area (Å²) in [6.07, 6.45) is 0. The van der Waals surface area contributed by atoms with Crippen molar-refractivity contribution < 1.29 is 14.7 Å². The van der Waals surface area contributed by atoms with Gasteiger partial charge in [-0.3, -0.25) is 4.79 Å². The van der Waals surface area contributed by atoms with E-state index in [1.54, 1.807) is 18.2 Å². The van der Waals surface area contributed by atoms with Crippen LogP contribution in [0.25, 0.3) is 0 Å². The zero-order valence-electron chi connectivity index (χ0n) is 7.97. The summed E-state index contributed by atoms with van der Waals surface area (Å²) in [4.78, 5) is 11.6. The van der Waals surface area contributed by atoms with E-state index in [1.165, 1.54) is 19.2 Å². The Balaban J connectivity index is 3.18. The van der Waals surface area contributed by atoms with Crippen LogP contribution in [-0.4, -0.2) is 23.8 Å². The van der Waals surface area contributed by atoms with E-state index in [0.717, 1.165) is 0 Å². The first-order valence-electron chi connectivity index (χ1n) is 4.04. The van der Waals surface area contributed by atoms with Crippen LogP contribution in [0.3, 0.4) is 0 Å². The number of para-hydroxylation sites is 1. The molecule has 5 heteroatoms. The van der Waals surface area contributed by atoms with Gasteiger partial charge in [-0.2, -0.15) is 5.26 Å². The van der Waals surface area contributed by atoms with Crippen molar-refractivity contribution in [1.29, 1.82) is 5.26 Å². The van der Waals surface area contributed by atoms with Crippen LogP contribution in [-0.2, 0) is 0 Å². The van der Waals surface area contributed by atoms with E-state index in [2.05, 4.69) is 5.16 Å². The molecule has 0 unspecified atom stereocenters. The standard InChI is InChI=1S/C10H8N2O3/c1-15-9-5-3-2-4-7(9)10(13)8(6-11)12-14/h2-5,14H,1H3/b12-8+. The normalized spacial score (nSPS) is 10.5. The second-order valence-electron chi connectivity index (χ2n) is 2.59. The van der Waals surface area contributed by atoms with E-state index < -0.39 is 11.5 Å². The highest BCUT2D eigenvalue weighted by molar-refractivity contribution is 6.51. The lowest BCUT2D eigenvalue weighted by Crippen LogP contribution is -2.13. The number of nitriles is 1. The summed E-state index contributed by atoms with van der Waals surface area (Å²) < 4.78 is 4.94. The third-order valence-corrected chi connectivity index (χ3v) is 1.77. The van der Waals surface area contributed by atoms with Crippen molar-refractivity contribution in [2.24, 2.45) is 5.16 Å². The van der Waals surface area contributed by atoms with Gasteiger partial charge < -0.3 is 9.94 Å². The van der Waals surface area contributed by atoms with Crippen LogP contribution in [0.15, 0.2) is 29.4 Å². The van der Waals surface area contributed by atoms with Gasteiger partial charge in [0.05, 0.1) is 12.7 Å². The minimum absolute atomic E-state index is 0.189. The fourth-order valence-corrected chi connectivity index (χ4v) is 1.08. The Hall–Kier alpha value is -2.35. The predicted octanol–water partition coefficient (Wildman–Crippen LogP) is 1.23. The SMILES string of the molecule is COc1ccccc1C(=O)/C(C#N)=N/O. The Morgan fingerprint density at radius 3 is 2.73 bits per heavy atom. The van der Waals surface area contributed by atoms with E-state index in [0.29, 0.717) is 5.75 Å². The van der Waals surface area contributed by atoms with Crippen molar-refractivity contribution in [3.63, 3.8) is 0 Å². The Morgan fingerprint density at radius 1 is 1.53 bits per heavy atom. The first-order chi connectivity index (χ1) is 7.24. The maximum absolute atomic E-state index is 11.6. The summed E-state index contributed by atoms with van der Waals surface area (Å²) in [5.41, 5.74) is -0.381. The smallest absolute Gasteiger partial charge is 0.229 e. The van der Waals surface area contributed by atoms with Crippen molar-refractivity contribution in [2.45, 2.75) is 0 Å². The monoisotopic (exact) mass is 204 g/mol. The molecule has 0 spiro atoms. The lowest BCUT2D eigenvalue weighted by molar-refractivity contribution is 0.106. The number of benzene rings is 1. The van der Waals surface area contributed by atoms with Gasteiger partial charge in [-0.25, -0.2) is 0 Å². The van der Waals surface area contributed by atoms with E-state index in [1.807, 2.05) is 0 Å². The van der Waals surface area contributed by atoms with Crippen LogP contribution < -0.4 is 4.74 Å². The van der Waals surface area contributed by atoms with Gasteiger partial charge in [-0.1, -0.05) is 17.3 Å². The number of carbonyl (C=O) groups excluding carboxylic acids is 1. The molecule has 1 N–H and O–H groups in total. The molecule has 0 aliphatic carbocycles. The Kier molecular flexibility index (Phi) is 3.41. The third-order valence-electron chi connectivity index (χ3n) is 1.77. The molecular formula is C10H8N2O3. The maximum Gasteiger partial charge on any atom is 0.229 e. The minimum atomic E-state index is -0.669. The van der Waals surface area contributed by atoms with Crippen LogP contribution in [0.2, 0.25) is 0 Å². The highest BCUT2D eigenvalue weighted by Crippen LogP contribution is 2.18. The fraction of sp³-hybridized carbons (Fsp3) is 0.100. The molecule has 5 nitrogen and oxygen atoms in total. The topological polar surface area (TPSA) is 82.7 Å². The fourth-order valence-electron chi connectivity index (χ4n) is 1.08. The molecule has 1 aromatic rings. The largest absolute Gasteiger partial charge is 0.496 e. The molecule has 0 aliphatic heterocycles. The van der Waals surface area contributed by atoms with Gasteiger partial charge in [0.2, 0.25) is 11.5 Å². The molecule has 0 radical (unpaired) electrons. The van der Waals surface area contributed by atoms with E-state index in [4.69, 9.17) is 15.2 Å². The number of carbonyl (C=O) groups is 1. The molecule has 0 aliphatic rings. The second-order valence-corrected chi connectivity index (χ2v) is 2.59. The van der Waals surface area contributed by atoms with Crippen LogP contribution >= 0.6 is 0 Å². The summed E-state index contributed by atoms with van der Waals surface area (Å²) in [6, 6.07) is 7.89. The van der Waals surface area contributed by atoms with Crippen molar-refractivity contribution >= 4 is 11.5 Å². The summed E-state index contributed by atoms with van der Waals surface area (Å²) >= 11 is 0. The Labute approximate surface area is 86.2 Å². The Bertz CT molecular complexity index is 446. The highest BCUT2D eigenvalue weighted by Gasteiger charge is 2.17.